The summed E-state index contributed by atoms with van der Waals surface area (Å²) in [5, 5.41) is 15.5. The second kappa shape index (κ2) is 9.01. The Balaban J connectivity index is 1.58. The van der Waals surface area contributed by atoms with Crippen molar-refractivity contribution >= 4 is 23.5 Å². The number of benzene rings is 2. The maximum atomic E-state index is 12.7. The first-order valence-electron chi connectivity index (χ1n) is 9.57. The molecule has 2 heterocycles. The molecule has 1 atom stereocenters. The molecule has 0 radical (unpaired) electrons. The van der Waals surface area contributed by atoms with E-state index in [2.05, 4.69) is 27.4 Å². The monoisotopic (exact) mass is 437 g/mol. The second-order valence-corrected chi connectivity index (χ2v) is 7.32. The van der Waals surface area contributed by atoms with Crippen LogP contribution in [0, 0.1) is 0 Å². The molecule has 0 fully saturated rings. The molecule has 0 saturated heterocycles. The number of rotatable bonds is 7. The van der Waals surface area contributed by atoms with E-state index in [1.807, 2.05) is 48.5 Å². The van der Waals surface area contributed by atoms with Crippen molar-refractivity contribution in [3.8, 4) is 5.75 Å². The Kier molecular flexibility index (Phi) is 5.99. The predicted octanol–water partition coefficient (Wildman–Crippen LogP) is 3.92. The zero-order valence-electron chi connectivity index (χ0n) is 16.8. The highest BCUT2D eigenvalue weighted by atomic mass is 35.5. The van der Waals surface area contributed by atoms with E-state index in [1.54, 1.807) is 11.6 Å². The zero-order chi connectivity index (χ0) is 21.8. The van der Waals surface area contributed by atoms with Crippen molar-refractivity contribution in [1.82, 2.24) is 20.2 Å². The smallest absolute Gasteiger partial charge is 0.338 e. The fraction of sp³-hybridized carbons (Fsp3) is 0.182. The molecular weight excluding hydrogens is 418 g/mol. The number of halogens is 1. The highest BCUT2D eigenvalue weighted by Gasteiger charge is 2.34. The van der Waals surface area contributed by atoms with Crippen LogP contribution < -0.4 is 10.1 Å². The van der Waals surface area contributed by atoms with Gasteiger partial charge in [-0.25, -0.2) is 4.79 Å². The van der Waals surface area contributed by atoms with Crippen molar-refractivity contribution < 1.29 is 14.3 Å². The number of esters is 1. The van der Waals surface area contributed by atoms with Crippen LogP contribution >= 0.6 is 11.6 Å². The van der Waals surface area contributed by atoms with Crippen molar-refractivity contribution in [3.05, 3.63) is 88.6 Å². The topological polar surface area (TPSA) is 91.2 Å². The number of tetrazole rings is 1. The molecule has 0 saturated carbocycles. The molecule has 1 N–H and O–H groups in total. The average Bonchev–Trinajstić information content (AvgIpc) is 3.24. The van der Waals surface area contributed by atoms with E-state index < -0.39 is 12.0 Å². The lowest BCUT2D eigenvalue weighted by atomic mass is 9.96. The molecule has 1 aliphatic rings. The Hall–Kier alpha value is -3.65. The fourth-order valence-electron chi connectivity index (χ4n) is 3.29. The van der Waals surface area contributed by atoms with Gasteiger partial charge in [-0.3, -0.25) is 0 Å². The first kappa shape index (κ1) is 20.6. The molecule has 9 heteroatoms. The molecule has 3 aromatic rings. The van der Waals surface area contributed by atoms with Crippen molar-refractivity contribution in [2.24, 2.45) is 0 Å². The lowest BCUT2D eigenvalue weighted by Gasteiger charge is -2.27. The normalized spacial score (nSPS) is 15.1. The van der Waals surface area contributed by atoms with E-state index in [-0.39, 0.29) is 6.61 Å². The standard InChI is InChI=1S/C22H20ClN5O3/c1-3-12-30-21(29)19-14(2)24-22-25-26-27-28(22)20(19)16-6-10-18(11-7-16)31-13-15-4-8-17(23)9-5-15/h3-11,20H,1,12-13H2,2H3,(H,24,25,27). The number of ether oxygens (including phenoxy) is 2. The minimum Gasteiger partial charge on any atom is -0.489 e. The number of nitrogens with one attached hydrogen (secondary N) is 1. The molecule has 158 valence electrons. The summed E-state index contributed by atoms with van der Waals surface area (Å²) in [5.41, 5.74) is 2.88. The van der Waals surface area contributed by atoms with Crippen molar-refractivity contribution in [2.75, 3.05) is 11.9 Å². The van der Waals surface area contributed by atoms with Gasteiger partial charge in [0.15, 0.2) is 0 Å². The summed E-state index contributed by atoms with van der Waals surface area (Å²) < 4.78 is 12.7. The van der Waals surface area contributed by atoms with Gasteiger partial charge in [-0.15, -0.1) is 0 Å². The molecule has 8 nitrogen and oxygen atoms in total. The van der Waals surface area contributed by atoms with E-state index in [0.717, 1.165) is 11.1 Å². The molecule has 0 aliphatic carbocycles. The van der Waals surface area contributed by atoms with Gasteiger partial charge in [0.1, 0.15) is 25.0 Å². The summed E-state index contributed by atoms with van der Waals surface area (Å²) in [5.74, 6) is 0.686. The molecule has 1 aliphatic heterocycles. The Morgan fingerprint density at radius 1 is 1.23 bits per heavy atom. The third-order valence-electron chi connectivity index (χ3n) is 4.78. The lowest BCUT2D eigenvalue weighted by Crippen LogP contribution is -2.29. The maximum Gasteiger partial charge on any atom is 0.338 e. The third kappa shape index (κ3) is 4.44. The third-order valence-corrected chi connectivity index (χ3v) is 5.03. The summed E-state index contributed by atoms with van der Waals surface area (Å²) in [6.45, 7) is 5.91. The van der Waals surface area contributed by atoms with Crippen LogP contribution in [0.4, 0.5) is 5.95 Å². The van der Waals surface area contributed by atoms with E-state index in [0.29, 0.717) is 34.6 Å². The van der Waals surface area contributed by atoms with E-state index in [4.69, 9.17) is 21.1 Å². The molecule has 0 amide bonds. The maximum absolute atomic E-state index is 12.7. The summed E-state index contributed by atoms with van der Waals surface area (Å²) >= 11 is 5.92. The molecule has 0 bridgehead atoms. The van der Waals surface area contributed by atoms with Crippen LogP contribution in [0.2, 0.25) is 5.02 Å². The number of carbonyl (C=O) groups is 1. The minimum absolute atomic E-state index is 0.113. The number of allylic oxidation sites excluding steroid dienone is 1. The van der Waals surface area contributed by atoms with Gasteiger partial charge in [0, 0.05) is 10.7 Å². The Labute approximate surface area is 184 Å². The number of carbonyl (C=O) groups excluding carboxylic acids is 1. The van der Waals surface area contributed by atoms with Gasteiger partial charge in [0.05, 0.1) is 5.57 Å². The van der Waals surface area contributed by atoms with Crippen molar-refractivity contribution in [1.29, 1.82) is 0 Å². The van der Waals surface area contributed by atoms with Crippen LogP contribution in [0.1, 0.15) is 24.1 Å². The quantitative estimate of drug-likeness (QED) is 0.442. The molecule has 4 rings (SSSR count). The van der Waals surface area contributed by atoms with E-state index in [9.17, 15) is 4.79 Å². The fourth-order valence-corrected chi connectivity index (χ4v) is 3.42. The number of fused-ring (bicyclic) bond motifs is 1. The van der Waals surface area contributed by atoms with Gasteiger partial charge in [-0.1, -0.05) is 53.6 Å². The SMILES string of the molecule is C=CCOC(=O)C1=C(C)Nc2nnnn2C1c1ccc(OCc2ccc(Cl)cc2)cc1. The summed E-state index contributed by atoms with van der Waals surface area (Å²) in [6, 6.07) is 14.4. The van der Waals surface area contributed by atoms with Crippen LogP contribution in [-0.2, 0) is 16.1 Å². The number of nitrogens with zero attached hydrogens (tertiary/aromatic N) is 4. The minimum atomic E-state index is -0.533. The average molecular weight is 438 g/mol. The van der Waals surface area contributed by atoms with E-state index >= 15 is 0 Å². The number of hydrogen-bond acceptors (Lipinski definition) is 7. The summed E-state index contributed by atoms with van der Waals surface area (Å²) in [7, 11) is 0. The van der Waals surface area contributed by atoms with Gasteiger partial charge in [-0.05, 0) is 52.7 Å². The molecule has 1 aromatic heterocycles. The van der Waals surface area contributed by atoms with Gasteiger partial charge < -0.3 is 14.8 Å². The largest absolute Gasteiger partial charge is 0.489 e. The zero-order valence-corrected chi connectivity index (χ0v) is 17.5. The van der Waals surface area contributed by atoms with Gasteiger partial charge >= 0.3 is 5.97 Å². The van der Waals surface area contributed by atoms with Crippen molar-refractivity contribution in [3.63, 3.8) is 0 Å². The van der Waals surface area contributed by atoms with Gasteiger partial charge in [-0.2, -0.15) is 4.68 Å². The van der Waals surface area contributed by atoms with E-state index in [1.165, 1.54) is 6.08 Å². The Morgan fingerprint density at radius 3 is 2.68 bits per heavy atom. The summed E-state index contributed by atoms with van der Waals surface area (Å²) in [4.78, 5) is 12.7. The van der Waals surface area contributed by atoms with Crippen LogP contribution in [0.5, 0.6) is 5.75 Å². The van der Waals surface area contributed by atoms with Crippen LogP contribution in [-0.4, -0.2) is 32.8 Å². The molecule has 1 unspecified atom stereocenters. The first-order valence-corrected chi connectivity index (χ1v) is 9.95. The molecule has 0 spiro atoms. The number of anilines is 1. The van der Waals surface area contributed by atoms with Crippen molar-refractivity contribution in [2.45, 2.75) is 19.6 Å². The van der Waals surface area contributed by atoms with Crippen LogP contribution in [0.3, 0.4) is 0 Å². The predicted molar refractivity (Wildman–Crippen MR) is 116 cm³/mol. The number of hydrogen-bond donors (Lipinski definition) is 1. The second-order valence-electron chi connectivity index (χ2n) is 6.88. The first-order chi connectivity index (χ1) is 15.1. The molecular formula is C22H20ClN5O3. The van der Waals surface area contributed by atoms with Gasteiger partial charge in [0.2, 0.25) is 5.95 Å². The Morgan fingerprint density at radius 2 is 1.97 bits per heavy atom. The lowest BCUT2D eigenvalue weighted by molar-refractivity contribution is -0.138. The molecule has 31 heavy (non-hydrogen) atoms. The Bertz CT molecular complexity index is 1120. The van der Waals surface area contributed by atoms with Crippen LogP contribution in [0.15, 0.2) is 72.5 Å². The summed E-state index contributed by atoms with van der Waals surface area (Å²) in [6.07, 6.45) is 1.52. The number of aromatic nitrogens is 4. The highest BCUT2D eigenvalue weighted by Crippen LogP contribution is 2.35. The highest BCUT2D eigenvalue weighted by molar-refractivity contribution is 6.30. The van der Waals surface area contributed by atoms with Crippen LogP contribution in [0.25, 0.3) is 0 Å². The molecule has 2 aromatic carbocycles. The van der Waals surface area contributed by atoms with Gasteiger partial charge in [0.25, 0.3) is 0 Å².